The molecular formula is C27H22FNO3. The average molecular weight is 427 g/mol. The molecule has 3 aromatic carbocycles. The largest absolute Gasteiger partial charge is 0.489 e. The maximum Gasteiger partial charge on any atom is 0.232 e. The van der Waals surface area contributed by atoms with Gasteiger partial charge >= 0.3 is 0 Å². The number of hydrogen-bond acceptors (Lipinski definition) is 3. The minimum Gasteiger partial charge on any atom is -0.489 e. The van der Waals surface area contributed by atoms with Gasteiger partial charge in [0.25, 0.3) is 0 Å². The highest BCUT2D eigenvalue weighted by molar-refractivity contribution is 6.16. The molecule has 0 saturated heterocycles. The monoisotopic (exact) mass is 427 g/mol. The summed E-state index contributed by atoms with van der Waals surface area (Å²) in [5, 5.41) is 1.08. The molecule has 0 aliphatic carbocycles. The Morgan fingerprint density at radius 3 is 2.66 bits per heavy atom. The molecule has 0 saturated carbocycles. The van der Waals surface area contributed by atoms with Crippen LogP contribution in [0.25, 0.3) is 17.0 Å². The summed E-state index contributed by atoms with van der Waals surface area (Å²) in [6.07, 6.45) is 3.86. The van der Waals surface area contributed by atoms with Crippen molar-refractivity contribution < 1.29 is 18.7 Å². The number of rotatable bonds is 5. The van der Waals surface area contributed by atoms with Gasteiger partial charge in [0.15, 0.2) is 5.76 Å². The van der Waals surface area contributed by atoms with Gasteiger partial charge in [-0.1, -0.05) is 30.3 Å². The number of para-hydroxylation sites is 1. The van der Waals surface area contributed by atoms with Crippen LogP contribution in [0.3, 0.4) is 0 Å². The topological polar surface area (TPSA) is 40.5 Å². The molecule has 0 spiro atoms. The molecule has 0 amide bonds. The number of ether oxygens (including phenoxy) is 2. The molecule has 160 valence electrons. The number of halogens is 1. The van der Waals surface area contributed by atoms with E-state index < -0.39 is 0 Å². The van der Waals surface area contributed by atoms with Crippen LogP contribution in [0, 0.1) is 12.7 Å². The molecule has 0 radical (unpaired) electrons. The number of aryl methyl sites for hydroxylation is 2. The molecule has 5 heteroatoms. The van der Waals surface area contributed by atoms with Crippen LogP contribution in [-0.4, -0.2) is 10.4 Å². The van der Waals surface area contributed by atoms with E-state index in [1.54, 1.807) is 18.2 Å². The van der Waals surface area contributed by atoms with E-state index in [9.17, 15) is 9.18 Å². The van der Waals surface area contributed by atoms with Crippen molar-refractivity contribution in [2.45, 2.75) is 27.0 Å². The van der Waals surface area contributed by atoms with Crippen molar-refractivity contribution in [2.75, 3.05) is 0 Å². The number of ketones is 1. The third-order valence-corrected chi connectivity index (χ3v) is 5.71. The molecule has 5 rings (SSSR count). The maximum absolute atomic E-state index is 13.1. The number of carbonyl (C=O) groups excluding carboxylic acids is 1. The van der Waals surface area contributed by atoms with Crippen molar-refractivity contribution >= 4 is 22.8 Å². The first-order valence-corrected chi connectivity index (χ1v) is 10.6. The first-order chi connectivity index (χ1) is 15.5. The van der Waals surface area contributed by atoms with Crippen LogP contribution in [0.1, 0.15) is 34.0 Å². The lowest BCUT2D eigenvalue weighted by Gasteiger charge is -2.09. The summed E-state index contributed by atoms with van der Waals surface area (Å²) in [6.45, 7) is 5.10. The Kier molecular flexibility index (Phi) is 5.02. The molecule has 2 heterocycles. The number of Topliss-reactive ketones (excluding diaryl/α,β-unsaturated/α-hetero) is 1. The summed E-state index contributed by atoms with van der Waals surface area (Å²) in [5.41, 5.74) is 4.28. The van der Waals surface area contributed by atoms with Gasteiger partial charge in [-0.05, 0) is 55.3 Å². The van der Waals surface area contributed by atoms with Gasteiger partial charge in [-0.25, -0.2) is 4.39 Å². The quantitative estimate of drug-likeness (QED) is 0.351. The highest BCUT2D eigenvalue weighted by Gasteiger charge is 2.30. The van der Waals surface area contributed by atoms with Gasteiger partial charge in [-0.3, -0.25) is 4.79 Å². The first-order valence-electron chi connectivity index (χ1n) is 10.6. The molecule has 0 unspecified atom stereocenters. The number of nitrogens with zero attached hydrogens (tertiary/aromatic N) is 1. The molecule has 4 nitrogen and oxygen atoms in total. The van der Waals surface area contributed by atoms with E-state index in [0.29, 0.717) is 29.4 Å². The molecule has 0 atom stereocenters. The second kappa shape index (κ2) is 8.00. The van der Waals surface area contributed by atoms with Crippen LogP contribution in [0.2, 0.25) is 0 Å². The zero-order chi connectivity index (χ0) is 22.2. The van der Waals surface area contributed by atoms with Crippen molar-refractivity contribution in [3.63, 3.8) is 0 Å². The molecule has 4 aromatic rings. The van der Waals surface area contributed by atoms with E-state index in [0.717, 1.165) is 34.1 Å². The highest BCUT2D eigenvalue weighted by Crippen LogP contribution is 2.38. The summed E-state index contributed by atoms with van der Waals surface area (Å²) in [5.74, 6) is 0.987. The molecule has 0 bridgehead atoms. The third kappa shape index (κ3) is 3.56. The Bertz CT molecular complexity index is 1370. The second-order valence-corrected chi connectivity index (χ2v) is 7.86. The van der Waals surface area contributed by atoms with Crippen molar-refractivity contribution in [3.05, 3.63) is 101 Å². The fourth-order valence-electron chi connectivity index (χ4n) is 4.10. The summed E-state index contributed by atoms with van der Waals surface area (Å²) in [6, 6.07) is 17.9. The molecule has 1 aliphatic rings. The zero-order valence-electron chi connectivity index (χ0n) is 17.9. The van der Waals surface area contributed by atoms with E-state index in [1.807, 2.05) is 43.5 Å². The number of allylic oxidation sites excluding steroid dienone is 1. The second-order valence-electron chi connectivity index (χ2n) is 7.86. The zero-order valence-corrected chi connectivity index (χ0v) is 17.9. The lowest BCUT2D eigenvalue weighted by atomic mass is 10.0. The molecular weight excluding hydrogens is 405 g/mol. The number of carbonyl (C=O) groups is 1. The lowest BCUT2D eigenvalue weighted by molar-refractivity contribution is 0.101. The highest BCUT2D eigenvalue weighted by atomic mass is 19.1. The van der Waals surface area contributed by atoms with Crippen LogP contribution < -0.4 is 9.47 Å². The Morgan fingerprint density at radius 1 is 1.09 bits per heavy atom. The standard InChI is InChI=1S/C27H22FNO3/c1-3-29-15-19(22-6-4-5-7-23(22)29)13-25-27(30)26-17(2)12-21(14-24(26)32-25)31-16-18-8-10-20(28)11-9-18/h4-15H,3,16H2,1-2H3/b25-13-. The van der Waals surface area contributed by atoms with Gasteiger partial charge < -0.3 is 14.0 Å². The maximum atomic E-state index is 13.1. The van der Waals surface area contributed by atoms with Gasteiger partial charge in [-0.2, -0.15) is 0 Å². The SMILES string of the molecule is CCn1cc(/C=C2\Oc3cc(OCc4ccc(F)cc4)cc(C)c3C2=O)c2ccccc21. The summed E-state index contributed by atoms with van der Waals surface area (Å²) in [7, 11) is 0. The van der Waals surface area contributed by atoms with Gasteiger partial charge in [0.2, 0.25) is 5.78 Å². The predicted octanol–water partition coefficient (Wildman–Crippen LogP) is 6.30. The molecule has 32 heavy (non-hydrogen) atoms. The Hall–Kier alpha value is -3.86. The van der Waals surface area contributed by atoms with Crippen LogP contribution in [0.4, 0.5) is 4.39 Å². The lowest BCUT2D eigenvalue weighted by Crippen LogP contribution is -2.00. The molecule has 0 fully saturated rings. The van der Waals surface area contributed by atoms with Crippen molar-refractivity contribution in [3.8, 4) is 11.5 Å². The van der Waals surface area contributed by atoms with Crippen LogP contribution in [-0.2, 0) is 13.2 Å². The Labute approximate surface area is 185 Å². The van der Waals surface area contributed by atoms with Crippen LogP contribution in [0.5, 0.6) is 11.5 Å². The van der Waals surface area contributed by atoms with Gasteiger partial charge in [0, 0.05) is 35.3 Å². The van der Waals surface area contributed by atoms with Gasteiger partial charge in [0.1, 0.15) is 23.9 Å². The Morgan fingerprint density at radius 2 is 1.88 bits per heavy atom. The summed E-state index contributed by atoms with van der Waals surface area (Å²) in [4.78, 5) is 13.1. The van der Waals surface area contributed by atoms with E-state index in [4.69, 9.17) is 9.47 Å². The van der Waals surface area contributed by atoms with Crippen LogP contribution in [0.15, 0.2) is 72.6 Å². The summed E-state index contributed by atoms with van der Waals surface area (Å²) >= 11 is 0. The number of fused-ring (bicyclic) bond motifs is 2. The number of benzene rings is 3. The van der Waals surface area contributed by atoms with E-state index in [-0.39, 0.29) is 11.6 Å². The third-order valence-electron chi connectivity index (χ3n) is 5.71. The fraction of sp³-hybridized carbons (Fsp3) is 0.148. The first kappa shape index (κ1) is 20.1. The number of hydrogen-bond donors (Lipinski definition) is 0. The Balaban J connectivity index is 1.43. The van der Waals surface area contributed by atoms with Crippen molar-refractivity contribution in [2.24, 2.45) is 0 Å². The van der Waals surface area contributed by atoms with Gasteiger partial charge in [-0.15, -0.1) is 0 Å². The minimum atomic E-state index is -0.282. The van der Waals surface area contributed by atoms with E-state index in [2.05, 4.69) is 17.6 Å². The van der Waals surface area contributed by atoms with Crippen molar-refractivity contribution in [1.29, 1.82) is 0 Å². The molecule has 1 aliphatic heterocycles. The fourth-order valence-corrected chi connectivity index (χ4v) is 4.10. The van der Waals surface area contributed by atoms with Gasteiger partial charge in [0.05, 0.1) is 5.56 Å². The minimum absolute atomic E-state index is 0.129. The normalized spacial score (nSPS) is 14.1. The molecule has 0 N–H and O–H groups in total. The number of aromatic nitrogens is 1. The van der Waals surface area contributed by atoms with Crippen molar-refractivity contribution in [1.82, 2.24) is 4.57 Å². The smallest absolute Gasteiger partial charge is 0.232 e. The van der Waals surface area contributed by atoms with E-state index in [1.165, 1.54) is 12.1 Å². The summed E-state index contributed by atoms with van der Waals surface area (Å²) < 4.78 is 27.1. The van der Waals surface area contributed by atoms with E-state index >= 15 is 0 Å². The average Bonchev–Trinajstić information content (AvgIpc) is 3.31. The van der Waals surface area contributed by atoms with Crippen LogP contribution >= 0.6 is 0 Å². The molecule has 1 aromatic heterocycles. The predicted molar refractivity (Wildman–Crippen MR) is 122 cm³/mol.